The lowest BCUT2D eigenvalue weighted by Crippen LogP contribution is -2.46. The third-order valence-corrected chi connectivity index (χ3v) is 3.55. The number of nitrogens with one attached hydrogen (secondary N) is 2. The van der Waals surface area contributed by atoms with E-state index in [1.54, 1.807) is 0 Å². The SMILES string of the molecule is CC1(C(=O)Nc2ccc(F)cc2[N+](=O)[O-])CCCNC1. The van der Waals surface area contributed by atoms with Crippen LogP contribution in [-0.2, 0) is 4.79 Å². The molecule has 1 aliphatic rings. The number of nitro groups is 1. The van der Waals surface area contributed by atoms with Crippen molar-refractivity contribution >= 4 is 17.3 Å². The first-order valence-electron chi connectivity index (χ1n) is 6.38. The van der Waals surface area contributed by atoms with Crippen molar-refractivity contribution in [1.29, 1.82) is 0 Å². The second kappa shape index (κ2) is 5.54. The van der Waals surface area contributed by atoms with Crippen LogP contribution < -0.4 is 10.6 Å². The molecule has 1 atom stereocenters. The van der Waals surface area contributed by atoms with E-state index in [2.05, 4.69) is 10.6 Å². The highest BCUT2D eigenvalue weighted by Crippen LogP contribution is 2.30. The van der Waals surface area contributed by atoms with Crippen molar-refractivity contribution in [2.75, 3.05) is 18.4 Å². The van der Waals surface area contributed by atoms with Crippen LogP contribution in [0.2, 0.25) is 0 Å². The van der Waals surface area contributed by atoms with E-state index in [1.165, 1.54) is 6.07 Å². The predicted molar refractivity (Wildman–Crippen MR) is 71.9 cm³/mol. The maximum Gasteiger partial charge on any atom is 0.295 e. The molecule has 6 nitrogen and oxygen atoms in total. The summed E-state index contributed by atoms with van der Waals surface area (Å²) in [4.78, 5) is 22.5. The van der Waals surface area contributed by atoms with Gasteiger partial charge in [0.25, 0.3) is 5.69 Å². The predicted octanol–water partition coefficient (Wildman–Crippen LogP) is 2.06. The second-order valence-corrected chi connectivity index (χ2v) is 5.21. The topological polar surface area (TPSA) is 84.3 Å². The van der Waals surface area contributed by atoms with Crippen molar-refractivity contribution in [1.82, 2.24) is 5.32 Å². The van der Waals surface area contributed by atoms with Gasteiger partial charge in [-0.2, -0.15) is 0 Å². The smallest absolute Gasteiger partial charge is 0.295 e. The van der Waals surface area contributed by atoms with Crippen LogP contribution in [0.25, 0.3) is 0 Å². The minimum Gasteiger partial charge on any atom is -0.320 e. The van der Waals surface area contributed by atoms with Crippen LogP contribution in [0, 0.1) is 21.3 Å². The molecule has 1 heterocycles. The Morgan fingerprint density at radius 2 is 2.30 bits per heavy atom. The Morgan fingerprint density at radius 1 is 1.55 bits per heavy atom. The van der Waals surface area contributed by atoms with E-state index in [1.807, 2.05) is 6.92 Å². The quantitative estimate of drug-likeness (QED) is 0.656. The standard InChI is InChI=1S/C13H16FN3O3/c1-13(5-2-6-15-8-13)12(18)16-10-4-3-9(14)7-11(10)17(19)20/h3-4,7,15H,2,5-6,8H2,1H3,(H,16,18). The molecule has 0 saturated carbocycles. The zero-order chi connectivity index (χ0) is 14.8. The number of amides is 1. The molecule has 1 aromatic rings. The third kappa shape index (κ3) is 2.93. The maximum absolute atomic E-state index is 13.0. The number of hydrogen-bond donors (Lipinski definition) is 2. The molecule has 2 rings (SSSR count). The molecule has 0 radical (unpaired) electrons. The van der Waals surface area contributed by atoms with E-state index >= 15 is 0 Å². The van der Waals surface area contributed by atoms with Gasteiger partial charge in [-0.25, -0.2) is 4.39 Å². The van der Waals surface area contributed by atoms with Crippen molar-refractivity contribution < 1.29 is 14.1 Å². The molecule has 0 aliphatic carbocycles. The largest absolute Gasteiger partial charge is 0.320 e. The normalized spacial score (nSPS) is 22.3. The van der Waals surface area contributed by atoms with Crippen molar-refractivity contribution in [3.8, 4) is 0 Å². The molecule has 0 bridgehead atoms. The molecule has 0 aromatic heterocycles. The lowest BCUT2D eigenvalue weighted by atomic mass is 9.82. The van der Waals surface area contributed by atoms with Crippen LogP contribution in [0.3, 0.4) is 0 Å². The Morgan fingerprint density at radius 3 is 2.90 bits per heavy atom. The van der Waals surface area contributed by atoms with E-state index < -0.39 is 21.8 Å². The fourth-order valence-electron chi connectivity index (χ4n) is 2.28. The van der Waals surface area contributed by atoms with Crippen molar-refractivity contribution in [3.05, 3.63) is 34.1 Å². The molecule has 20 heavy (non-hydrogen) atoms. The van der Waals surface area contributed by atoms with Crippen LogP contribution in [-0.4, -0.2) is 23.9 Å². The van der Waals surface area contributed by atoms with E-state index in [-0.39, 0.29) is 11.6 Å². The lowest BCUT2D eigenvalue weighted by Gasteiger charge is -2.32. The Kier molecular flexibility index (Phi) is 3.99. The Hall–Kier alpha value is -2.02. The number of carbonyl (C=O) groups excluding carboxylic acids is 1. The Balaban J connectivity index is 2.21. The van der Waals surface area contributed by atoms with Gasteiger partial charge in [-0.15, -0.1) is 0 Å². The highest BCUT2D eigenvalue weighted by molar-refractivity contribution is 5.97. The summed E-state index contributed by atoms with van der Waals surface area (Å²) in [5.41, 5.74) is -1.03. The summed E-state index contributed by atoms with van der Waals surface area (Å²) in [5.74, 6) is -1.00. The van der Waals surface area contributed by atoms with Crippen LogP contribution in [0.15, 0.2) is 18.2 Å². The van der Waals surface area contributed by atoms with E-state index in [9.17, 15) is 19.3 Å². The zero-order valence-corrected chi connectivity index (χ0v) is 11.1. The summed E-state index contributed by atoms with van der Waals surface area (Å²) in [6.45, 7) is 3.19. The van der Waals surface area contributed by atoms with E-state index in [0.717, 1.165) is 25.1 Å². The van der Waals surface area contributed by atoms with Gasteiger partial charge in [0.15, 0.2) is 0 Å². The van der Waals surface area contributed by atoms with Gasteiger partial charge in [-0.05, 0) is 38.4 Å². The Bertz CT molecular complexity index is 542. The molecular weight excluding hydrogens is 265 g/mol. The summed E-state index contributed by atoms with van der Waals surface area (Å²) in [6, 6.07) is 3.10. The fourth-order valence-corrected chi connectivity index (χ4v) is 2.28. The number of hydrogen-bond acceptors (Lipinski definition) is 4. The van der Waals surface area contributed by atoms with Gasteiger partial charge in [-0.3, -0.25) is 14.9 Å². The molecule has 108 valence electrons. The zero-order valence-electron chi connectivity index (χ0n) is 11.1. The molecule has 0 spiro atoms. The van der Waals surface area contributed by atoms with Crippen molar-refractivity contribution in [3.63, 3.8) is 0 Å². The van der Waals surface area contributed by atoms with Crippen LogP contribution in [0.4, 0.5) is 15.8 Å². The number of benzene rings is 1. The van der Waals surface area contributed by atoms with Crippen LogP contribution in [0.5, 0.6) is 0 Å². The Labute approximate surface area is 115 Å². The summed E-state index contributed by atoms with van der Waals surface area (Å²) >= 11 is 0. The summed E-state index contributed by atoms with van der Waals surface area (Å²) < 4.78 is 13.0. The van der Waals surface area contributed by atoms with E-state index in [4.69, 9.17) is 0 Å². The molecular formula is C13H16FN3O3. The van der Waals surface area contributed by atoms with E-state index in [0.29, 0.717) is 13.0 Å². The maximum atomic E-state index is 13.0. The van der Waals surface area contributed by atoms with Crippen LogP contribution >= 0.6 is 0 Å². The van der Waals surface area contributed by atoms with Gasteiger partial charge < -0.3 is 10.6 Å². The molecule has 2 N–H and O–H groups in total. The van der Waals surface area contributed by atoms with Crippen LogP contribution in [0.1, 0.15) is 19.8 Å². The summed E-state index contributed by atoms with van der Waals surface area (Å²) in [7, 11) is 0. The van der Waals surface area contributed by atoms with Gasteiger partial charge in [0, 0.05) is 6.54 Å². The average Bonchev–Trinajstić information content (AvgIpc) is 2.41. The number of nitrogens with zero attached hydrogens (tertiary/aromatic N) is 1. The molecule has 1 aromatic carbocycles. The number of carbonyl (C=O) groups is 1. The number of anilines is 1. The summed E-state index contributed by atoms with van der Waals surface area (Å²) in [6.07, 6.45) is 1.58. The second-order valence-electron chi connectivity index (χ2n) is 5.21. The molecule has 1 saturated heterocycles. The third-order valence-electron chi connectivity index (χ3n) is 3.55. The van der Waals surface area contributed by atoms with Gasteiger partial charge in [0.1, 0.15) is 11.5 Å². The van der Waals surface area contributed by atoms with Gasteiger partial charge in [0.2, 0.25) is 5.91 Å². The minimum atomic E-state index is -0.708. The van der Waals surface area contributed by atoms with Gasteiger partial charge in [-0.1, -0.05) is 0 Å². The fraction of sp³-hybridized carbons (Fsp3) is 0.462. The lowest BCUT2D eigenvalue weighted by molar-refractivity contribution is -0.384. The molecule has 1 fully saturated rings. The highest BCUT2D eigenvalue weighted by Gasteiger charge is 2.35. The number of nitro benzene ring substituents is 1. The molecule has 1 aliphatic heterocycles. The molecule has 1 amide bonds. The minimum absolute atomic E-state index is 0.0215. The number of rotatable bonds is 3. The first kappa shape index (κ1) is 14.4. The van der Waals surface area contributed by atoms with Gasteiger partial charge in [0.05, 0.1) is 16.4 Å². The van der Waals surface area contributed by atoms with Gasteiger partial charge >= 0.3 is 0 Å². The highest BCUT2D eigenvalue weighted by atomic mass is 19.1. The first-order valence-corrected chi connectivity index (χ1v) is 6.38. The molecule has 1 unspecified atom stereocenters. The number of piperidine rings is 1. The summed E-state index contributed by atoms with van der Waals surface area (Å²) in [5, 5.41) is 16.6. The average molecular weight is 281 g/mol. The monoisotopic (exact) mass is 281 g/mol. The van der Waals surface area contributed by atoms with Crippen molar-refractivity contribution in [2.24, 2.45) is 5.41 Å². The first-order chi connectivity index (χ1) is 9.42. The number of halogens is 1. The molecule has 7 heteroatoms. The van der Waals surface area contributed by atoms with Crippen molar-refractivity contribution in [2.45, 2.75) is 19.8 Å².